The first-order valence-electron chi connectivity index (χ1n) is 10.4. The predicted molar refractivity (Wildman–Crippen MR) is 113 cm³/mol. The van der Waals surface area contributed by atoms with Crippen molar-refractivity contribution in [2.75, 3.05) is 26.2 Å². The Hall–Kier alpha value is -1.98. The Morgan fingerprint density at radius 2 is 2.00 bits per heavy atom. The number of benzene rings is 1. The van der Waals surface area contributed by atoms with Gasteiger partial charge in [-0.2, -0.15) is 0 Å². The largest absolute Gasteiger partial charge is 0.338 e. The van der Waals surface area contributed by atoms with Gasteiger partial charge in [-0.15, -0.1) is 11.3 Å². The highest BCUT2D eigenvalue weighted by Gasteiger charge is 2.59. The lowest BCUT2D eigenvalue weighted by Gasteiger charge is -2.33. The van der Waals surface area contributed by atoms with E-state index in [1.807, 2.05) is 11.6 Å². The summed E-state index contributed by atoms with van der Waals surface area (Å²) in [5.41, 5.74) is 2.97. The van der Waals surface area contributed by atoms with Crippen LogP contribution in [-0.2, 0) is 11.3 Å². The van der Waals surface area contributed by atoms with Crippen LogP contribution < -0.4 is 0 Å². The van der Waals surface area contributed by atoms with E-state index in [9.17, 15) is 4.79 Å². The minimum absolute atomic E-state index is 0.265. The van der Waals surface area contributed by atoms with E-state index in [0.717, 1.165) is 58.4 Å². The summed E-state index contributed by atoms with van der Waals surface area (Å²) in [6.45, 7) is 4.79. The van der Waals surface area contributed by atoms with Gasteiger partial charge in [-0.25, -0.2) is 4.98 Å². The molecular weight excluding hydrogens is 366 g/mol. The lowest BCUT2D eigenvalue weighted by atomic mass is 9.90. The average molecular weight is 394 g/mol. The van der Waals surface area contributed by atoms with Gasteiger partial charge < -0.3 is 4.90 Å². The smallest absolute Gasteiger partial charge is 0.226 e. The van der Waals surface area contributed by atoms with Crippen LogP contribution in [0.15, 0.2) is 48.0 Å². The summed E-state index contributed by atoms with van der Waals surface area (Å²) in [7, 11) is 0. The molecule has 0 radical (unpaired) electrons. The Morgan fingerprint density at radius 1 is 1.18 bits per heavy atom. The fourth-order valence-corrected chi connectivity index (χ4v) is 5.59. The van der Waals surface area contributed by atoms with Crippen LogP contribution in [0.4, 0.5) is 0 Å². The topological polar surface area (TPSA) is 36.4 Å². The Morgan fingerprint density at radius 3 is 2.68 bits per heavy atom. The minimum Gasteiger partial charge on any atom is -0.338 e. The van der Waals surface area contributed by atoms with Crippen molar-refractivity contribution >= 4 is 22.8 Å². The van der Waals surface area contributed by atoms with Gasteiger partial charge in [-0.1, -0.05) is 36.4 Å². The summed E-state index contributed by atoms with van der Waals surface area (Å²) in [4.78, 5) is 22.1. The van der Waals surface area contributed by atoms with Crippen LogP contribution >= 0.6 is 11.3 Å². The maximum atomic E-state index is 13.1. The maximum absolute atomic E-state index is 13.1. The Kier molecular flexibility index (Phi) is 4.81. The second-order valence-corrected chi connectivity index (χ2v) is 9.43. The van der Waals surface area contributed by atoms with Gasteiger partial charge in [0.05, 0.1) is 6.54 Å². The van der Waals surface area contributed by atoms with Gasteiger partial charge in [0.25, 0.3) is 0 Å². The molecule has 1 aromatic heterocycles. The molecule has 1 aliphatic carbocycles. The van der Waals surface area contributed by atoms with Gasteiger partial charge >= 0.3 is 0 Å². The summed E-state index contributed by atoms with van der Waals surface area (Å²) in [6, 6.07) is 10.6. The number of aromatic nitrogens is 1. The molecule has 2 aliphatic heterocycles. The van der Waals surface area contributed by atoms with Gasteiger partial charge in [0.1, 0.15) is 5.01 Å². The van der Waals surface area contributed by atoms with E-state index in [0.29, 0.717) is 11.3 Å². The number of carbonyl (C=O) groups excluding carboxylic acids is 1. The fraction of sp³-hybridized carbons (Fsp3) is 0.478. The molecule has 1 spiro atoms. The van der Waals surface area contributed by atoms with Crippen LogP contribution in [0.25, 0.3) is 5.57 Å². The number of amides is 1. The normalized spacial score (nSPS) is 24.2. The molecule has 1 saturated heterocycles. The highest BCUT2D eigenvalue weighted by molar-refractivity contribution is 7.09. The maximum Gasteiger partial charge on any atom is 0.226 e. The van der Waals surface area contributed by atoms with Crippen LogP contribution in [0, 0.1) is 11.3 Å². The van der Waals surface area contributed by atoms with Gasteiger partial charge in [0.15, 0.2) is 0 Å². The quantitative estimate of drug-likeness (QED) is 0.786. The molecule has 1 amide bonds. The summed E-state index contributed by atoms with van der Waals surface area (Å²) in [5, 5.41) is 3.25. The average Bonchev–Trinajstić information content (AvgIpc) is 3.19. The highest BCUT2D eigenvalue weighted by Crippen LogP contribution is 2.60. The number of thiazole rings is 1. The second-order valence-electron chi connectivity index (χ2n) is 8.45. The standard InChI is InChI=1S/C23H27N3OS/c27-22(26-11-6-19(7-12-26)18-4-2-1-3-5-18)20-16-23(20)8-13-25(14-9-23)17-21-24-10-15-28-21/h1-6,10,15,20H,7-9,11-14,16-17H2. The number of rotatable bonds is 4. The van der Waals surface area contributed by atoms with Crippen molar-refractivity contribution in [1.29, 1.82) is 0 Å². The molecule has 1 unspecified atom stereocenters. The first kappa shape index (κ1) is 18.1. The zero-order chi connectivity index (χ0) is 19.0. The van der Waals surface area contributed by atoms with Crippen molar-refractivity contribution in [3.8, 4) is 0 Å². The summed E-state index contributed by atoms with van der Waals surface area (Å²) in [6.07, 6.45) is 8.53. The third kappa shape index (κ3) is 3.53. The van der Waals surface area contributed by atoms with Crippen LogP contribution in [0.3, 0.4) is 0 Å². The number of carbonyl (C=O) groups is 1. The molecule has 2 fully saturated rings. The SMILES string of the molecule is O=C(C1CC12CCN(Cc1nccs1)CC2)N1CC=C(c2ccccc2)CC1. The van der Waals surface area contributed by atoms with Crippen LogP contribution in [-0.4, -0.2) is 46.9 Å². The van der Waals surface area contributed by atoms with E-state index >= 15 is 0 Å². The van der Waals surface area contributed by atoms with E-state index in [-0.39, 0.29) is 5.92 Å². The predicted octanol–water partition coefficient (Wildman–Crippen LogP) is 4.06. The summed E-state index contributed by atoms with van der Waals surface area (Å²) >= 11 is 1.74. The van der Waals surface area contributed by atoms with Crippen LogP contribution in [0.1, 0.15) is 36.3 Å². The molecule has 3 heterocycles. The van der Waals surface area contributed by atoms with Crippen molar-refractivity contribution in [3.05, 3.63) is 58.6 Å². The lowest BCUT2D eigenvalue weighted by molar-refractivity contribution is -0.133. The van der Waals surface area contributed by atoms with Crippen LogP contribution in [0.5, 0.6) is 0 Å². The lowest BCUT2D eigenvalue weighted by Crippen LogP contribution is -2.39. The molecule has 5 rings (SSSR count). The molecule has 0 bridgehead atoms. The monoisotopic (exact) mass is 393 g/mol. The van der Waals surface area contributed by atoms with E-state index in [1.54, 1.807) is 11.3 Å². The van der Waals surface area contributed by atoms with Crippen LogP contribution in [0.2, 0.25) is 0 Å². The Labute approximate surface area is 170 Å². The molecule has 5 heteroatoms. The molecule has 0 N–H and O–H groups in total. The molecular formula is C23H27N3OS. The van der Waals surface area contributed by atoms with E-state index in [1.165, 1.54) is 16.1 Å². The second kappa shape index (κ2) is 7.45. The minimum atomic E-state index is 0.265. The zero-order valence-electron chi connectivity index (χ0n) is 16.2. The number of piperidine rings is 1. The third-order valence-corrected chi connectivity index (χ3v) is 7.61. The number of hydrogen-bond donors (Lipinski definition) is 0. The number of likely N-dealkylation sites (tertiary alicyclic amines) is 1. The molecule has 1 aromatic carbocycles. The molecule has 3 aliphatic rings. The zero-order valence-corrected chi connectivity index (χ0v) is 17.0. The van der Waals surface area contributed by atoms with Crippen molar-refractivity contribution in [1.82, 2.24) is 14.8 Å². The van der Waals surface area contributed by atoms with Gasteiger partial charge in [-0.3, -0.25) is 9.69 Å². The molecule has 1 atom stereocenters. The Balaban J connectivity index is 1.15. The van der Waals surface area contributed by atoms with Crippen molar-refractivity contribution in [3.63, 3.8) is 0 Å². The third-order valence-electron chi connectivity index (χ3n) is 6.85. The van der Waals surface area contributed by atoms with Gasteiger partial charge in [0.2, 0.25) is 5.91 Å². The van der Waals surface area contributed by atoms with Gasteiger partial charge in [0, 0.05) is 30.6 Å². The highest BCUT2D eigenvalue weighted by atomic mass is 32.1. The molecule has 1 saturated carbocycles. The summed E-state index contributed by atoms with van der Waals surface area (Å²) < 4.78 is 0. The van der Waals surface area contributed by atoms with Gasteiger partial charge in [-0.05, 0) is 55.3 Å². The first-order chi connectivity index (χ1) is 13.7. The van der Waals surface area contributed by atoms with E-state index in [2.05, 4.69) is 51.2 Å². The first-order valence-corrected chi connectivity index (χ1v) is 11.3. The fourth-order valence-electron chi connectivity index (χ4n) is 4.93. The van der Waals surface area contributed by atoms with Crippen molar-refractivity contribution in [2.24, 2.45) is 11.3 Å². The molecule has 2 aromatic rings. The van der Waals surface area contributed by atoms with E-state index in [4.69, 9.17) is 0 Å². The molecule has 28 heavy (non-hydrogen) atoms. The van der Waals surface area contributed by atoms with Crippen molar-refractivity contribution < 1.29 is 4.79 Å². The van der Waals surface area contributed by atoms with E-state index < -0.39 is 0 Å². The number of hydrogen-bond acceptors (Lipinski definition) is 4. The Bertz CT molecular complexity index is 853. The molecule has 4 nitrogen and oxygen atoms in total. The molecule has 146 valence electrons. The summed E-state index contributed by atoms with van der Waals surface area (Å²) in [5.74, 6) is 0.665. The number of nitrogens with zero attached hydrogens (tertiary/aromatic N) is 3. The van der Waals surface area contributed by atoms with Crippen molar-refractivity contribution in [2.45, 2.75) is 32.2 Å².